The number of anilines is 1. The third-order valence-corrected chi connectivity index (χ3v) is 4.80. The molecular formula is C20H28N6O2. The van der Waals surface area contributed by atoms with Crippen LogP contribution >= 0.6 is 0 Å². The summed E-state index contributed by atoms with van der Waals surface area (Å²) >= 11 is 0. The molecule has 1 aromatic heterocycles. The zero-order chi connectivity index (χ0) is 19.9. The molecule has 2 aromatic rings. The van der Waals surface area contributed by atoms with Crippen molar-refractivity contribution in [2.24, 2.45) is 12.0 Å². The second kappa shape index (κ2) is 9.36. The molecule has 0 atom stereocenters. The first-order valence-electron chi connectivity index (χ1n) is 9.61. The number of aliphatic imine (C=N–C) groups is 1. The molecule has 150 valence electrons. The lowest BCUT2D eigenvalue weighted by Gasteiger charge is -2.36. The van der Waals surface area contributed by atoms with Crippen LogP contribution in [0, 0.1) is 0 Å². The molecule has 1 aliphatic heterocycles. The molecule has 1 aliphatic rings. The second-order valence-corrected chi connectivity index (χ2v) is 6.79. The second-order valence-electron chi connectivity index (χ2n) is 6.79. The quantitative estimate of drug-likeness (QED) is 0.579. The molecule has 8 nitrogen and oxygen atoms in total. The highest BCUT2D eigenvalue weighted by atomic mass is 16.3. The van der Waals surface area contributed by atoms with E-state index >= 15 is 0 Å². The van der Waals surface area contributed by atoms with Gasteiger partial charge in [0.05, 0.1) is 13.2 Å². The van der Waals surface area contributed by atoms with Crippen molar-refractivity contribution < 1.29 is 5.11 Å². The molecule has 0 saturated carbocycles. The van der Waals surface area contributed by atoms with E-state index in [9.17, 15) is 9.90 Å². The maximum absolute atomic E-state index is 12.3. The van der Waals surface area contributed by atoms with E-state index in [0.717, 1.165) is 49.8 Å². The average Bonchev–Trinajstić information content (AvgIpc) is 2.73. The van der Waals surface area contributed by atoms with Gasteiger partial charge >= 0.3 is 0 Å². The molecule has 2 N–H and O–H groups in total. The maximum Gasteiger partial charge on any atom is 0.293 e. The van der Waals surface area contributed by atoms with E-state index in [1.54, 1.807) is 24.0 Å². The number of nitrogens with zero attached hydrogens (tertiary/aromatic N) is 5. The van der Waals surface area contributed by atoms with Crippen molar-refractivity contribution in [2.45, 2.75) is 20.1 Å². The fourth-order valence-electron chi connectivity index (χ4n) is 3.25. The van der Waals surface area contributed by atoms with E-state index in [1.807, 2.05) is 29.2 Å². The third kappa shape index (κ3) is 4.69. The van der Waals surface area contributed by atoms with Gasteiger partial charge in [0, 0.05) is 52.2 Å². The number of benzene rings is 1. The predicted molar refractivity (Wildman–Crippen MR) is 110 cm³/mol. The Bertz CT molecular complexity index is 871. The van der Waals surface area contributed by atoms with Gasteiger partial charge in [-0.1, -0.05) is 24.3 Å². The van der Waals surface area contributed by atoms with Crippen LogP contribution in [0.2, 0.25) is 0 Å². The summed E-state index contributed by atoms with van der Waals surface area (Å²) in [7, 11) is 1.74. The Balaban J connectivity index is 1.67. The monoisotopic (exact) mass is 384 g/mol. The van der Waals surface area contributed by atoms with Gasteiger partial charge in [0.25, 0.3) is 5.56 Å². The molecule has 0 bridgehead atoms. The predicted octanol–water partition coefficient (Wildman–Crippen LogP) is 0.560. The summed E-state index contributed by atoms with van der Waals surface area (Å²) in [6.07, 6.45) is 3.33. The van der Waals surface area contributed by atoms with Crippen molar-refractivity contribution in [3.63, 3.8) is 0 Å². The number of rotatable bonds is 5. The minimum atomic E-state index is -0.0692. The van der Waals surface area contributed by atoms with Gasteiger partial charge in [0.15, 0.2) is 11.8 Å². The molecule has 0 radical (unpaired) electrons. The summed E-state index contributed by atoms with van der Waals surface area (Å²) < 4.78 is 1.56. The largest absolute Gasteiger partial charge is 0.392 e. The molecule has 0 spiro atoms. The summed E-state index contributed by atoms with van der Waals surface area (Å²) in [6.45, 7) is 6.40. The van der Waals surface area contributed by atoms with Crippen LogP contribution in [-0.4, -0.2) is 58.2 Å². The zero-order valence-electron chi connectivity index (χ0n) is 16.5. The van der Waals surface area contributed by atoms with E-state index in [2.05, 4.69) is 22.1 Å². The first kappa shape index (κ1) is 19.9. The minimum Gasteiger partial charge on any atom is -0.392 e. The van der Waals surface area contributed by atoms with Crippen LogP contribution in [0.15, 0.2) is 46.4 Å². The van der Waals surface area contributed by atoms with E-state index in [4.69, 9.17) is 4.99 Å². The molecule has 8 heteroatoms. The standard InChI is InChI=1S/C20H28N6O2/c1-3-21-20(23-14-16-5-4-6-17(13-16)15-27)26-11-9-25(10-12-26)18-19(28)24(2)8-7-22-18/h4-8,13,27H,3,9-12,14-15H2,1-2H3,(H,21,23). The minimum absolute atomic E-state index is 0.0343. The highest BCUT2D eigenvalue weighted by Gasteiger charge is 2.22. The van der Waals surface area contributed by atoms with Crippen LogP contribution in [0.4, 0.5) is 5.82 Å². The van der Waals surface area contributed by atoms with Gasteiger partial charge in [-0.3, -0.25) is 4.79 Å². The average molecular weight is 384 g/mol. The van der Waals surface area contributed by atoms with Crippen LogP contribution in [0.5, 0.6) is 0 Å². The lowest BCUT2D eigenvalue weighted by Crippen LogP contribution is -2.53. The van der Waals surface area contributed by atoms with Crippen molar-refractivity contribution >= 4 is 11.8 Å². The van der Waals surface area contributed by atoms with Gasteiger partial charge in [0.1, 0.15) is 0 Å². The topological polar surface area (TPSA) is 86.0 Å². The molecule has 0 aliphatic carbocycles. The lowest BCUT2D eigenvalue weighted by atomic mass is 10.1. The molecule has 1 saturated heterocycles. The number of hydrogen-bond donors (Lipinski definition) is 2. The molecule has 3 rings (SSSR count). The van der Waals surface area contributed by atoms with Crippen LogP contribution in [-0.2, 0) is 20.2 Å². The molecule has 2 heterocycles. The fraction of sp³-hybridized carbons (Fsp3) is 0.450. The molecule has 0 unspecified atom stereocenters. The summed E-state index contributed by atoms with van der Waals surface area (Å²) in [5, 5.41) is 12.6. The Kier molecular flexibility index (Phi) is 6.65. The first-order valence-corrected chi connectivity index (χ1v) is 9.61. The Morgan fingerprint density at radius 3 is 2.71 bits per heavy atom. The molecule has 1 fully saturated rings. The van der Waals surface area contributed by atoms with Crippen molar-refractivity contribution in [2.75, 3.05) is 37.6 Å². The van der Waals surface area contributed by atoms with Crippen molar-refractivity contribution in [1.29, 1.82) is 0 Å². The van der Waals surface area contributed by atoms with Crippen molar-refractivity contribution in [3.8, 4) is 0 Å². The number of aliphatic hydroxyl groups excluding tert-OH is 1. The van der Waals surface area contributed by atoms with Gasteiger partial charge < -0.3 is 24.8 Å². The van der Waals surface area contributed by atoms with Gasteiger partial charge in [-0.25, -0.2) is 9.98 Å². The van der Waals surface area contributed by atoms with Crippen LogP contribution < -0.4 is 15.8 Å². The van der Waals surface area contributed by atoms with E-state index in [1.165, 1.54) is 0 Å². The Hall–Kier alpha value is -2.87. The Morgan fingerprint density at radius 1 is 1.25 bits per heavy atom. The number of aryl methyl sites for hydroxylation is 1. The van der Waals surface area contributed by atoms with E-state index in [0.29, 0.717) is 12.4 Å². The van der Waals surface area contributed by atoms with Crippen LogP contribution in [0.3, 0.4) is 0 Å². The van der Waals surface area contributed by atoms with Gasteiger partial charge in [-0.05, 0) is 18.1 Å². The Labute approximate surface area is 165 Å². The molecule has 1 aromatic carbocycles. The highest BCUT2D eigenvalue weighted by Crippen LogP contribution is 2.10. The normalized spacial score (nSPS) is 15.0. The fourth-order valence-corrected chi connectivity index (χ4v) is 3.25. The summed E-state index contributed by atoms with van der Waals surface area (Å²) in [6, 6.07) is 7.83. The smallest absolute Gasteiger partial charge is 0.293 e. The molecule has 0 amide bonds. The van der Waals surface area contributed by atoms with E-state index < -0.39 is 0 Å². The molecular weight excluding hydrogens is 356 g/mol. The number of aromatic nitrogens is 2. The van der Waals surface area contributed by atoms with Crippen molar-refractivity contribution in [3.05, 3.63) is 58.1 Å². The summed E-state index contributed by atoms with van der Waals surface area (Å²) in [4.78, 5) is 25.6. The number of piperazine rings is 1. The number of hydrogen-bond acceptors (Lipinski definition) is 5. The van der Waals surface area contributed by atoms with Crippen LogP contribution in [0.1, 0.15) is 18.1 Å². The third-order valence-electron chi connectivity index (χ3n) is 4.80. The number of aliphatic hydroxyl groups is 1. The maximum atomic E-state index is 12.3. The van der Waals surface area contributed by atoms with Gasteiger partial charge in [0.2, 0.25) is 0 Å². The van der Waals surface area contributed by atoms with Crippen molar-refractivity contribution in [1.82, 2.24) is 19.8 Å². The van der Waals surface area contributed by atoms with Crippen LogP contribution in [0.25, 0.3) is 0 Å². The lowest BCUT2D eigenvalue weighted by molar-refractivity contribution is 0.281. The number of nitrogens with one attached hydrogen (secondary N) is 1. The van der Waals surface area contributed by atoms with Gasteiger partial charge in [-0.2, -0.15) is 0 Å². The first-order chi connectivity index (χ1) is 13.6. The SMILES string of the molecule is CCNC(=NCc1cccc(CO)c1)N1CCN(c2nccn(C)c2=O)CC1. The summed E-state index contributed by atoms with van der Waals surface area (Å²) in [5.41, 5.74) is 1.89. The zero-order valence-corrected chi connectivity index (χ0v) is 16.5. The highest BCUT2D eigenvalue weighted by molar-refractivity contribution is 5.80. The Morgan fingerprint density at radius 2 is 2.00 bits per heavy atom. The van der Waals surface area contributed by atoms with Gasteiger partial charge in [-0.15, -0.1) is 0 Å². The number of guanidine groups is 1. The summed E-state index contributed by atoms with van der Waals surface area (Å²) in [5.74, 6) is 1.37. The molecule has 28 heavy (non-hydrogen) atoms. The van der Waals surface area contributed by atoms with E-state index in [-0.39, 0.29) is 12.2 Å².